The molecule has 0 heterocycles. The Labute approximate surface area is 67.3 Å². The summed E-state index contributed by atoms with van der Waals surface area (Å²) in [4.78, 5) is 12.2. The Hall–Kier alpha value is -0.830. The third-order valence-corrected chi connectivity index (χ3v) is 1.44. The highest BCUT2D eigenvalue weighted by atomic mass is 16.4. The maximum absolute atomic E-state index is 10.3. The normalized spacial score (nSPS) is 15.2. The van der Waals surface area contributed by atoms with E-state index in [2.05, 4.69) is 6.92 Å². The molecule has 0 amide bonds. The molecule has 3 heteroatoms. The van der Waals surface area contributed by atoms with Crippen molar-refractivity contribution in [3.63, 3.8) is 0 Å². The Kier molecular flexibility index (Phi) is 3.82. The number of rotatable bonds is 3. The molecule has 0 saturated heterocycles. The lowest BCUT2D eigenvalue weighted by atomic mass is 10.2. The second kappa shape index (κ2) is 4.13. The number of aliphatic carboxylic acids is 1. The Balaban J connectivity index is 4.19. The molecule has 0 rings (SSSR count). The fourth-order valence-electron chi connectivity index (χ4n) is 0.509. The molecule has 63 valence electrons. The van der Waals surface area contributed by atoms with Crippen molar-refractivity contribution < 1.29 is 9.90 Å². The molecule has 1 unspecified atom stereocenters. The van der Waals surface area contributed by atoms with E-state index in [1.165, 1.54) is 0 Å². The average molecular weight is 156 g/mol. The summed E-state index contributed by atoms with van der Waals surface area (Å²) in [6.45, 7) is 5.31. The molecular formula is C8H14NO2. The number of carbonyl (C=O) groups is 1. The molecule has 0 aliphatic rings. The lowest BCUT2D eigenvalue weighted by Gasteiger charge is -2.15. The van der Waals surface area contributed by atoms with Gasteiger partial charge in [-0.2, -0.15) is 0 Å². The fraction of sp³-hybridized carbons (Fsp3) is 0.500. The highest BCUT2D eigenvalue weighted by Crippen LogP contribution is 1.99. The number of nitrogens with zero attached hydrogens (tertiary/aromatic N) is 1. The lowest BCUT2D eigenvalue weighted by Crippen LogP contribution is -2.23. The molecule has 1 N–H and O–H groups in total. The summed E-state index contributed by atoms with van der Waals surface area (Å²) in [5, 5.41) is 8.50. The average Bonchev–Trinajstić information content (AvgIpc) is 1.87. The first kappa shape index (κ1) is 10.2. The number of hydrogen-bond acceptors (Lipinski definition) is 2. The van der Waals surface area contributed by atoms with Crippen molar-refractivity contribution in [1.82, 2.24) is 4.90 Å². The lowest BCUT2D eigenvalue weighted by molar-refractivity contribution is -0.132. The van der Waals surface area contributed by atoms with Gasteiger partial charge in [0.05, 0.1) is 0 Å². The topological polar surface area (TPSA) is 40.5 Å². The van der Waals surface area contributed by atoms with E-state index in [1.54, 1.807) is 13.0 Å². The van der Waals surface area contributed by atoms with Gasteiger partial charge in [-0.05, 0) is 27.9 Å². The van der Waals surface area contributed by atoms with Crippen LogP contribution in [0.4, 0.5) is 0 Å². The van der Waals surface area contributed by atoms with Gasteiger partial charge in [-0.1, -0.05) is 6.08 Å². The highest BCUT2D eigenvalue weighted by Gasteiger charge is 2.04. The van der Waals surface area contributed by atoms with Gasteiger partial charge in [0, 0.05) is 11.6 Å². The maximum Gasteiger partial charge on any atom is 0.331 e. The van der Waals surface area contributed by atoms with Gasteiger partial charge in [-0.3, -0.25) is 0 Å². The van der Waals surface area contributed by atoms with E-state index in [0.717, 1.165) is 0 Å². The Bertz CT molecular complexity index is 173. The van der Waals surface area contributed by atoms with Crippen molar-refractivity contribution in [2.24, 2.45) is 0 Å². The van der Waals surface area contributed by atoms with Crippen LogP contribution < -0.4 is 0 Å². The summed E-state index contributed by atoms with van der Waals surface area (Å²) in [5.74, 6) is -0.888. The van der Waals surface area contributed by atoms with Gasteiger partial charge >= 0.3 is 5.97 Å². The van der Waals surface area contributed by atoms with Crippen molar-refractivity contribution in [3.8, 4) is 0 Å². The van der Waals surface area contributed by atoms with E-state index in [4.69, 9.17) is 5.11 Å². The summed E-state index contributed by atoms with van der Waals surface area (Å²) >= 11 is 0. The van der Waals surface area contributed by atoms with Crippen LogP contribution in [0.25, 0.3) is 0 Å². The van der Waals surface area contributed by atoms with Crippen LogP contribution in [0.2, 0.25) is 0 Å². The van der Waals surface area contributed by atoms with Crippen molar-refractivity contribution in [2.45, 2.75) is 13.0 Å². The molecule has 0 spiro atoms. The summed E-state index contributed by atoms with van der Waals surface area (Å²) < 4.78 is 0. The molecule has 1 radical (unpaired) electrons. The van der Waals surface area contributed by atoms with Crippen LogP contribution in [0.5, 0.6) is 0 Å². The molecule has 0 aromatic rings. The van der Waals surface area contributed by atoms with E-state index in [-0.39, 0.29) is 6.04 Å². The second-order valence-corrected chi connectivity index (χ2v) is 2.69. The summed E-state index contributed by atoms with van der Waals surface area (Å²) in [6.07, 6.45) is 1.61. The summed E-state index contributed by atoms with van der Waals surface area (Å²) in [7, 11) is 3.70. The van der Waals surface area contributed by atoms with Crippen LogP contribution in [0.15, 0.2) is 11.6 Å². The van der Waals surface area contributed by atoms with E-state index in [0.29, 0.717) is 5.57 Å². The minimum atomic E-state index is -0.888. The van der Waals surface area contributed by atoms with Crippen LogP contribution in [-0.2, 0) is 4.79 Å². The summed E-state index contributed by atoms with van der Waals surface area (Å²) in [5.41, 5.74) is 0.332. The van der Waals surface area contributed by atoms with Gasteiger partial charge in [0.1, 0.15) is 0 Å². The Morgan fingerprint density at radius 3 is 2.36 bits per heavy atom. The predicted octanol–water partition coefficient (Wildman–Crippen LogP) is 0.782. The third kappa shape index (κ3) is 3.78. The molecule has 0 aliphatic heterocycles. The smallest absolute Gasteiger partial charge is 0.331 e. The van der Waals surface area contributed by atoms with E-state index in [9.17, 15) is 4.79 Å². The fourth-order valence-corrected chi connectivity index (χ4v) is 0.509. The van der Waals surface area contributed by atoms with Gasteiger partial charge < -0.3 is 10.0 Å². The van der Waals surface area contributed by atoms with E-state index >= 15 is 0 Å². The standard InChI is InChI=1S/C8H14NO2/c1-6(8(10)11)5-7(2)9(3)4/h5,7H,2H2,1,3-4H3,(H,10,11). The first-order chi connectivity index (χ1) is 4.95. The Morgan fingerprint density at radius 2 is 2.09 bits per heavy atom. The monoisotopic (exact) mass is 156 g/mol. The number of carboxylic acid groups (broad SMARTS) is 1. The first-order valence-electron chi connectivity index (χ1n) is 3.36. The van der Waals surface area contributed by atoms with Crippen LogP contribution in [0.3, 0.4) is 0 Å². The maximum atomic E-state index is 10.3. The number of likely N-dealkylation sites (N-methyl/N-ethyl adjacent to an activating group) is 1. The molecule has 0 saturated carbocycles. The number of hydrogen-bond donors (Lipinski definition) is 1. The Morgan fingerprint density at radius 1 is 1.64 bits per heavy atom. The van der Waals surface area contributed by atoms with Crippen molar-refractivity contribution >= 4 is 5.97 Å². The van der Waals surface area contributed by atoms with Crippen molar-refractivity contribution in [2.75, 3.05) is 14.1 Å². The molecule has 0 bridgehead atoms. The van der Waals surface area contributed by atoms with Gasteiger partial charge in [-0.15, -0.1) is 0 Å². The van der Waals surface area contributed by atoms with Gasteiger partial charge in [0.2, 0.25) is 0 Å². The molecular weight excluding hydrogens is 142 g/mol. The molecule has 0 aromatic heterocycles. The zero-order chi connectivity index (χ0) is 9.02. The minimum absolute atomic E-state index is 0.0777. The van der Waals surface area contributed by atoms with Gasteiger partial charge in [-0.25, -0.2) is 4.79 Å². The number of carboxylic acids is 1. The molecule has 0 aliphatic carbocycles. The first-order valence-corrected chi connectivity index (χ1v) is 3.36. The van der Waals surface area contributed by atoms with E-state index < -0.39 is 5.97 Å². The predicted molar refractivity (Wildman–Crippen MR) is 44.2 cm³/mol. The minimum Gasteiger partial charge on any atom is -0.478 e. The van der Waals surface area contributed by atoms with Crippen molar-refractivity contribution in [1.29, 1.82) is 0 Å². The van der Waals surface area contributed by atoms with Crippen LogP contribution in [0, 0.1) is 6.92 Å². The SMILES string of the molecule is [CH2]C(C=C(C)C(=O)O)N(C)C. The van der Waals surface area contributed by atoms with Gasteiger partial charge in [0.15, 0.2) is 0 Å². The molecule has 11 heavy (non-hydrogen) atoms. The highest BCUT2D eigenvalue weighted by molar-refractivity contribution is 5.85. The molecule has 1 atom stereocenters. The zero-order valence-electron chi connectivity index (χ0n) is 7.16. The van der Waals surface area contributed by atoms with Crippen LogP contribution in [-0.4, -0.2) is 36.1 Å². The third-order valence-electron chi connectivity index (χ3n) is 1.44. The summed E-state index contributed by atoms with van der Waals surface area (Å²) in [6, 6.07) is -0.0777. The molecule has 0 fully saturated rings. The molecule has 3 nitrogen and oxygen atoms in total. The largest absolute Gasteiger partial charge is 0.478 e. The molecule has 0 aromatic carbocycles. The van der Waals surface area contributed by atoms with Crippen LogP contribution in [0.1, 0.15) is 6.92 Å². The zero-order valence-corrected chi connectivity index (χ0v) is 7.16. The second-order valence-electron chi connectivity index (χ2n) is 2.69. The quantitative estimate of drug-likeness (QED) is 0.614. The van der Waals surface area contributed by atoms with Gasteiger partial charge in [0.25, 0.3) is 0 Å². The van der Waals surface area contributed by atoms with E-state index in [1.807, 2.05) is 19.0 Å². The van der Waals surface area contributed by atoms with Crippen molar-refractivity contribution in [3.05, 3.63) is 18.6 Å². The van der Waals surface area contributed by atoms with Crippen LogP contribution >= 0.6 is 0 Å².